The number of carbonyl (C=O) groups is 3. The molecule has 0 aliphatic heterocycles. The summed E-state index contributed by atoms with van der Waals surface area (Å²) < 4.78 is 3.27. The minimum atomic E-state index is -0.331. The van der Waals surface area contributed by atoms with Gasteiger partial charge in [-0.1, -0.05) is 0 Å². The number of aryl methyl sites for hydroxylation is 2. The maximum Gasteiger partial charge on any atom is 0.272 e. The molecule has 8 nitrogen and oxygen atoms in total. The molecule has 3 N–H and O–H groups in total. The summed E-state index contributed by atoms with van der Waals surface area (Å²) in [6.07, 6.45) is 3.32. The number of hydrogen-bond donors (Lipinski definition) is 3. The van der Waals surface area contributed by atoms with Crippen LogP contribution < -0.4 is 16.0 Å². The van der Waals surface area contributed by atoms with Gasteiger partial charge < -0.3 is 25.1 Å². The molecule has 0 bridgehead atoms. The van der Waals surface area contributed by atoms with Crippen LogP contribution in [0.1, 0.15) is 34.8 Å². The summed E-state index contributed by atoms with van der Waals surface area (Å²) in [7, 11) is 3.45. The van der Waals surface area contributed by atoms with Crippen LogP contribution in [0.25, 0.3) is 0 Å². The summed E-state index contributed by atoms with van der Waals surface area (Å²) in [6.45, 7) is 3.77. The molecule has 2 heterocycles. The predicted molar refractivity (Wildman–Crippen MR) is 91.1 cm³/mol. The number of carbonyl (C=O) groups excluding carboxylic acids is 3. The third kappa shape index (κ3) is 3.83. The Morgan fingerprint density at radius 1 is 0.917 bits per heavy atom. The summed E-state index contributed by atoms with van der Waals surface area (Å²) in [5, 5.41) is 8.10. The van der Waals surface area contributed by atoms with Crippen LogP contribution in [0.15, 0.2) is 24.5 Å². The van der Waals surface area contributed by atoms with E-state index in [4.69, 9.17) is 0 Å². The molecule has 3 amide bonds. The first-order valence-corrected chi connectivity index (χ1v) is 7.51. The third-order valence-corrected chi connectivity index (χ3v) is 3.39. The number of aromatic nitrogens is 2. The molecule has 0 fully saturated rings. The molecular formula is C16H21N5O3. The van der Waals surface area contributed by atoms with Crippen LogP contribution in [0, 0.1) is 0 Å². The molecule has 0 saturated carbocycles. The Morgan fingerprint density at radius 3 is 1.92 bits per heavy atom. The van der Waals surface area contributed by atoms with Gasteiger partial charge >= 0.3 is 0 Å². The van der Waals surface area contributed by atoms with E-state index in [0.29, 0.717) is 29.3 Å². The zero-order valence-electron chi connectivity index (χ0n) is 14.1. The van der Waals surface area contributed by atoms with Gasteiger partial charge in [-0.05, 0) is 19.1 Å². The van der Waals surface area contributed by atoms with Gasteiger partial charge in [-0.15, -0.1) is 0 Å². The molecule has 24 heavy (non-hydrogen) atoms. The third-order valence-electron chi connectivity index (χ3n) is 3.39. The van der Waals surface area contributed by atoms with E-state index in [-0.39, 0.29) is 17.7 Å². The van der Waals surface area contributed by atoms with Crippen molar-refractivity contribution < 1.29 is 14.4 Å². The van der Waals surface area contributed by atoms with Crippen LogP contribution in [0.5, 0.6) is 0 Å². The van der Waals surface area contributed by atoms with Crippen LogP contribution in [0.3, 0.4) is 0 Å². The topological polar surface area (TPSA) is 97.2 Å². The van der Waals surface area contributed by atoms with Crippen molar-refractivity contribution in [2.24, 2.45) is 14.1 Å². The van der Waals surface area contributed by atoms with Crippen LogP contribution in [-0.4, -0.2) is 33.4 Å². The second-order valence-corrected chi connectivity index (χ2v) is 5.44. The molecule has 0 aliphatic rings. The molecule has 2 aromatic heterocycles. The van der Waals surface area contributed by atoms with Crippen LogP contribution >= 0.6 is 0 Å². The number of rotatable bonds is 5. The molecule has 0 aromatic carbocycles. The fourth-order valence-electron chi connectivity index (χ4n) is 2.37. The van der Waals surface area contributed by atoms with Gasteiger partial charge in [-0.25, -0.2) is 0 Å². The van der Waals surface area contributed by atoms with Gasteiger partial charge in [-0.2, -0.15) is 0 Å². The average Bonchev–Trinajstić information content (AvgIpc) is 3.01. The molecule has 0 atom stereocenters. The highest BCUT2D eigenvalue weighted by atomic mass is 16.2. The number of anilines is 2. The van der Waals surface area contributed by atoms with Gasteiger partial charge in [0.1, 0.15) is 11.4 Å². The molecule has 0 aliphatic carbocycles. The van der Waals surface area contributed by atoms with Gasteiger partial charge in [0.25, 0.3) is 11.8 Å². The molecule has 0 unspecified atom stereocenters. The van der Waals surface area contributed by atoms with Crippen molar-refractivity contribution in [3.63, 3.8) is 0 Å². The van der Waals surface area contributed by atoms with Crippen molar-refractivity contribution in [3.8, 4) is 0 Å². The fraction of sp³-hybridized carbons (Fsp3) is 0.312. The highest BCUT2D eigenvalue weighted by Gasteiger charge is 2.16. The minimum absolute atomic E-state index is 0.202. The van der Waals surface area contributed by atoms with Crippen LogP contribution in [-0.2, 0) is 18.9 Å². The minimum Gasteiger partial charge on any atom is -0.351 e. The normalized spacial score (nSPS) is 10.3. The maximum atomic E-state index is 12.4. The monoisotopic (exact) mass is 331 g/mol. The number of hydrogen-bond acceptors (Lipinski definition) is 3. The molecule has 8 heteroatoms. The van der Waals surface area contributed by atoms with Crippen molar-refractivity contribution in [3.05, 3.63) is 35.9 Å². The van der Waals surface area contributed by atoms with Gasteiger partial charge in [0.05, 0.1) is 11.4 Å². The summed E-state index contributed by atoms with van der Waals surface area (Å²) in [6, 6.07) is 3.20. The number of nitrogens with one attached hydrogen (secondary N) is 3. The lowest BCUT2D eigenvalue weighted by Gasteiger charge is -2.03. The van der Waals surface area contributed by atoms with Crippen molar-refractivity contribution in [2.45, 2.75) is 13.8 Å². The SMILES string of the molecule is CCNC(=O)c1cc(NC(=O)c2cc(NC(C)=O)cn2C)cn1C. The Balaban J connectivity index is 2.15. The zero-order valence-corrected chi connectivity index (χ0v) is 14.1. The van der Waals surface area contributed by atoms with E-state index < -0.39 is 0 Å². The molecule has 0 radical (unpaired) electrons. The van der Waals surface area contributed by atoms with Crippen molar-refractivity contribution in [1.29, 1.82) is 0 Å². The van der Waals surface area contributed by atoms with Crippen molar-refractivity contribution in [2.75, 3.05) is 17.2 Å². The Kier molecular flexibility index (Phi) is 5.08. The molecule has 2 aromatic rings. The van der Waals surface area contributed by atoms with Gasteiger partial charge in [-0.3, -0.25) is 14.4 Å². The highest BCUT2D eigenvalue weighted by Crippen LogP contribution is 2.17. The van der Waals surface area contributed by atoms with Gasteiger partial charge in [0.2, 0.25) is 5.91 Å². The maximum absolute atomic E-state index is 12.4. The Hall–Kier alpha value is -3.03. The second-order valence-electron chi connectivity index (χ2n) is 5.44. The summed E-state index contributed by atoms with van der Waals surface area (Å²) >= 11 is 0. The van der Waals surface area contributed by atoms with E-state index in [1.54, 1.807) is 47.8 Å². The first kappa shape index (κ1) is 17.3. The van der Waals surface area contributed by atoms with E-state index in [1.165, 1.54) is 6.92 Å². The van der Waals surface area contributed by atoms with Crippen molar-refractivity contribution >= 4 is 29.1 Å². The Morgan fingerprint density at radius 2 is 1.42 bits per heavy atom. The summed E-state index contributed by atoms with van der Waals surface area (Å²) in [5.74, 6) is -0.739. The van der Waals surface area contributed by atoms with E-state index in [0.717, 1.165) is 0 Å². The molecule has 2 rings (SSSR count). The van der Waals surface area contributed by atoms with E-state index in [2.05, 4.69) is 16.0 Å². The number of amides is 3. The zero-order chi connectivity index (χ0) is 17.9. The molecule has 0 saturated heterocycles. The largest absolute Gasteiger partial charge is 0.351 e. The first-order chi connectivity index (χ1) is 11.3. The first-order valence-electron chi connectivity index (χ1n) is 7.51. The standard InChI is InChI=1S/C16H21N5O3/c1-5-17-15(23)13-7-12(9-20(13)3)19-16(24)14-6-11(8-21(14)4)18-10(2)22/h6-9H,5H2,1-4H3,(H,17,23)(H,18,22)(H,19,24). The Bertz CT molecular complexity index is 788. The quantitative estimate of drug-likeness (QED) is 0.771. The van der Waals surface area contributed by atoms with Gasteiger partial charge in [0.15, 0.2) is 0 Å². The molecular weight excluding hydrogens is 310 g/mol. The second kappa shape index (κ2) is 7.03. The fourth-order valence-corrected chi connectivity index (χ4v) is 2.37. The molecule has 0 spiro atoms. The van der Waals surface area contributed by atoms with Gasteiger partial charge in [0, 0.05) is 40.0 Å². The average molecular weight is 331 g/mol. The summed E-state index contributed by atoms with van der Waals surface area (Å²) in [4.78, 5) is 35.4. The lowest BCUT2D eigenvalue weighted by molar-refractivity contribution is -0.114. The van der Waals surface area contributed by atoms with Crippen molar-refractivity contribution in [1.82, 2.24) is 14.5 Å². The smallest absolute Gasteiger partial charge is 0.272 e. The molecule has 128 valence electrons. The van der Waals surface area contributed by atoms with Crippen LogP contribution in [0.2, 0.25) is 0 Å². The van der Waals surface area contributed by atoms with E-state index in [1.807, 2.05) is 6.92 Å². The number of nitrogens with zero attached hydrogens (tertiary/aromatic N) is 2. The van der Waals surface area contributed by atoms with Crippen LogP contribution in [0.4, 0.5) is 11.4 Å². The lowest BCUT2D eigenvalue weighted by atomic mass is 10.3. The lowest BCUT2D eigenvalue weighted by Crippen LogP contribution is -2.24. The Labute approximate surface area is 139 Å². The summed E-state index contributed by atoms with van der Waals surface area (Å²) in [5.41, 5.74) is 1.91. The predicted octanol–water partition coefficient (Wildman–Crippen LogP) is 1.32. The van der Waals surface area contributed by atoms with E-state index in [9.17, 15) is 14.4 Å². The highest BCUT2D eigenvalue weighted by molar-refractivity contribution is 6.05. The van der Waals surface area contributed by atoms with E-state index >= 15 is 0 Å².